The highest BCUT2D eigenvalue weighted by molar-refractivity contribution is 6.62. The lowest BCUT2D eigenvalue weighted by Crippen LogP contribution is -2.29. The number of carbonyl (C=O) groups is 1. The predicted molar refractivity (Wildman–Crippen MR) is 79.9 cm³/mol. The lowest BCUT2D eigenvalue weighted by Gasteiger charge is -2.11. The second kappa shape index (κ2) is 6.15. The second-order valence-electron chi connectivity index (χ2n) is 4.76. The van der Waals surface area contributed by atoms with Gasteiger partial charge in [-0.3, -0.25) is 5.32 Å². The topological polar surface area (TPSA) is 67.8 Å². The van der Waals surface area contributed by atoms with E-state index < -0.39 is 30.6 Å². The van der Waals surface area contributed by atoms with Crippen molar-refractivity contribution in [2.45, 2.75) is 6.61 Å². The van der Waals surface area contributed by atoms with Gasteiger partial charge in [0.2, 0.25) is 5.75 Å². The number of rotatable bonds is 2. The zero-order valence-electron chi connectivity index (χ0n) is 11.5. The van der Waals surface area contributed by atoms with Gasteiger partial charge in [-0.05, 0) is 35.3 Å². The van der Waals surface area contributed by atoms with Gasteiger partial charge in [0.25, 0.3) is 0 Å². The van der Waals surface area contributed by atoms with Gasteiger partial charge in [0.15, 0.2) is 11.6 Å². The van der Waals surface area contributed by atoms with Crippen LogP contribution in [-0.2, 0) is 11.3 Å². The first-order valence-corrected chi connectivity index (χ1v) is 6.88. The minimum Gasteiger partial charge on any atom is -0.423 e. The zero-order valence-corrected chi connectivity index (χ0v) is 12.2. The van der Waals surface area contributed by atoms with Gasteiger partial charge in [-0.25, -0.2) is 13.6 Å². The number of anilines is 1. The molecule has 0 atom stereocenters. The fraction of sp³-hybridized carbons (Fsp3) is 0.0714. The largest absolute Gasteiger partial charge is 0.491 e. The van der Waals surface area contributed by atoms with Crippen molar-refractivity contribution in [1.82, 2.24) is 0 Å². The van der Waals surface area contributed by atoms with Crippen molar-refractivity contribution in [1.29, 1.82) is 0 Å². The first-order chi connectivity index (χ1) is 11.0. The van der Waals surface area contributed by atoms with Crippen LogP contribution >= 0.6 is 11.6 Å². The molecule has 0 spiro atoms. The molecule has 2 aromatic carbocycles. The molecule has 1 amide bonds. The Balaban J connectivity index is 1.80. The Morgan fingerprint density at radius 3 is 2.74 bits per heavy atom. The van der Waals surface area contributed by atoms with Crippen molar-refractivity contribution in [2.75, 3.05) is 5.32 Å². The second-order valence-corrected chi connectivity index (χ2v) is 5.17. The lowest BCUT2D eigenvalue weighted by atomic mass is 9.79. The first kappa shape index (κ1) is 15.7. The molecule has 2 aromatic rings. The Labute approximate surface area is 134 Å². The van der Waals surface area contributed by atoms with E-state index in [0.717, 1.165) is 18.2 Å². The van der Waals surface area contributed by atoms with E-state index in [4.69, 9.17) is 16.3 Å². The third-order valence-electron chi connectivity index (χ3n) is 3.24. The summed E-state index contributed by atoms with van der Waals surface area (Å²) in [4.78, 5) is 11.8. The Kier molecular flexibility index (Phi) is 4.21. The number of nitrogens with one attached hydrogen (secondary N) is 1. The molecule has 118 valence electrons. The summed E-state index contributed by atoms with van der Waals surface area (Å²) in [6, 6.07) is 6.00. The van der Waals surface area contributed by atoms with Gasteiger partial charge in [-0.1, -0.05) is 17.7 Å². The molecule has 0 fully saturated rings. The minimum absolute atomic E-state index is 0.122. The summed E-state index contributed by atoms with van der Waals surface area (Å²) in [5, 5.41) is 12.1. The number of hydrogen-bond acceptors (Lipinski definition) is 4. The van der Waals surface area contributed by atoms with Crippen LogP contribution in [0.1, 0.15) is 5.56 Å². The van der Waals surface area contributed by atoms with Crippen molar-refractivity contribution in [3.05, 3.63) is 52.6 Å². The molecule has 1 heterocycles. The molecule has 0 saturated carbocycles. The zero-order chi connectivity index (χ0) is 16.6. The van der Waals surface area contributed by atoms with Crippen LogP contribution in [0, 0.1) is 11.6 Å². The molecule has 1 aliphatic rings. The fourth-order valence-corrected chi connectivity index (χ4v) is 2.38. The number of fused-ring (bicyclic) bond motifs is 1. The van der Waals surface area contributed by atoms with E-state index >= 15 is 0 Å². The van der Waals surface area contributed by atoms with Gasteiger partial charge in [0.1, 0.15) is 0 Å². The number of halogens is 3. The highest BCUT2D eigenvalue weighted by Crippen LogP contribution is 2.26. The Bertz CT molecular complexity index is 769. The molecule has 0 unspecified atom stereocenters. The average molecular weight is 339 g/mol. The normalized spacial score (nSPS) is 13.0. The molecule has 3 rings (SSSR count). The fourth-order valence-electron chi connectivity index (χ4n) is 2.15. The van der Waals surface area contributed by atoms with Crippen molar-refractivity contribution in [2.24, 2.45) is 0 Å². The molecule has 0 saturated heterocycles. The number of carbonyl (C=O) groups excluding carboxylic acids is 1. The first-order valence-electron chi connectivity index (χ1n) is 6.50. The van der Waals surface area contributed by atoms with Crippen LogP contribution in [0.25, 0.3) is 0 Å². The van der Waals surface area contributed by atoms with Crippen molar-refractivity contribution >= 4 is 36.0 Å². The smallest absolute Gasteiger partial charge is 0.423 e. The van der Waals surface area contributed by atoms with Crippen molar-refractivity contribution in [3.8, 4) is 5.75 Å². The maximum absolute atomic E-state index is 13.4. The summed E-state index contributed by atoms with van der Waals surface area (Å²) >= 11 is 6.01. The van der Waals surface area contributed by atoms with E-state index in [1.807, 2.05) is 0 Å². The highest BCUT2D eigenvalue weighted by atomic mass is 35.5. The Morgan fingerprint density at radius 2 is 2.04 bits per heavy atom. The summed E-state index contributed by atoms with van der Waals surface area (Å²) in [6.45, 7) is 0.196. The number of ether oxygens (including phenoxy) is 1. The van der Waals surface area contributed by atoms with Gasteiger partial charge in [0.05, 0.1) is 17.3 Å². The molecule has 1 aliphatic heterocycles. The van der Waals surface area contributed by atoms with Crippen LogP contribution in [0.15, 0.2) is 30.3 Å². The van der Waals surface area contributed by atoms with Gasteiger partial charge in [-0.2, -0.15) is 0 Å². The molecule has 0 radical (unpaired) electrons. The SMILES string of the molecule is O=C(Nc1cc2c(cc1Cl)COB2O)Oc1c(F)cccc1F. The molecular formula is C14H9BClF2NO4. The van der Waals surface area contributed by atoms with Gasteiger partial charge >= 0.3 is 13.2 Å². The van der Waals surface area contributed by atoms with Gasteiger partial charge < -0.3 is 14.4 Å². The number of benzene rings is 2. The highest BCUT2D eigenvalue weighted by Gasteiger charge is 2.29. The van der Waals surface area contributed by atoms with Crippen LogP contribution in [0.3, 0.4) is 0 Å². The average Bonchev–Trinajstić information content (AvgIpc) is 2.84. The summed E-state index contributed by atoms with van der Waals surface area (Å²) in [5.41, 5.74) is 1.25. The van der Waals surface area contributed by atoms with E-state index in [1.54, 1.807) is 0 Å². The third-order valence-corrected chi connectivity index (χ3v) is 3.55. The number of para-hydroxylation sites is 1. The van der Waals surface area contributed by atoms with E-state index in [9.17, 15) is 18.6 Å². The van der Waals surface area contributed by atoms with Crippen LogP contribution < -0.4 is 15.5 Å². The van der Waals surface area contributed by atoms with Crippen molar-refractivity contribution in [3.63, 3.8) is 0 Å². The van der Waals surface area contributed by atoms with E-state index in [1.165, 1.54) is 12.1 Å². The number of hydrogen-bond donors (Lipinski definition) is 2. The van der Waals surface area contributed by atoms with Crippen LogP contribution in [0.5, 0.6) is 5.75 Å². The van der Waals surface area contributed by atoms with Gasteiger partial charge in [-0.15, -0.1) is 0 Å². The van der Waals surface area contributed by atoms with Crippen molar-refractivity contribution < 1.29 is 28.0 Å². The van der Waals surface area contributed by atoms with Crippen LogP contribution in [-0.4, -0.2) is 18.2 Å². The standard InChI is InChI=1S/C14H9BClF2NO4/c16-9-4-7-6-22-15(21)8(7)5-12(9)19-14(20)23-13-10(17)2-1-3-11(13)18/h1-5,21H,6H2,(H,19,20). The Morgan fingerprint density at radius 1 is 1.35 bits per heavy atom. The summed E-state index contributed by atoms with van der Waals surface area (Å²) in [6.07, 6.45) is -1.12. The van der Waals surface area contributed by atoms with Gasteiger partial charge in [0, 0.05) is 0 Å². The van der Waals surface area contributed by atoms with E-state index in [0.29, 0.717) is 11.0 Å². The lowest BCUT2D eigenvalue weighted by molar-refractivity contribution is 0.210. The quantitative estimate of drug-likeness (QED) is 0.825. The summed E-state index contributed by atoms with van der Waals surface area (Å²) in [7, 11) is -1.12. The minimum atomic E-state index is -1.12. The monoisotopic (exact) mass is 339 g/mol. The van der Waals surface area contributed by atoms with E-state index in [2.05, 4.69) is 10.1 Å². The maximum atomic E-state index is 13.4. The maximum Gasteiger partial charge on any atom is 0.491 e. The molecule has 0 bridgehead atoms. The number of amides is 1. The molecule has 23 heavy (non-hydrogen) atoms. The Hall–Kier alpha value is -2.16. The summed E-state index contributed by atoms with van der Waals surface area (Å²) in [5.74, 6) is -2.83. The molecule has 0 aromatic heterocycles. The van der Waals surface area contributed by atoms with Crippen LogP contribution in [0.2, 0.25) is 5.02 Å². The molecule has 5 nitrogen and oxygen atoms in total. The molecule has 9 heteroatoms. The van der Waals surface area contributed by atoms with E-state index in [-0.39, 0.29) is 17.3 Å². The molecule has 2 N–H and O–H groups in total. The third kappa shape index (κ3) is 3.14. The molecule has 0 aliphatic carbocycles. The summed E-state index contributed by atoms with van der Waals surface area (Å²) < 4.78 is 36.5. The molecular weight excluding hydrogens is 330 g/mol. The van der Waals surface area contributed by atoms with Crippen LogP contribution in [0.4, 0.5) is 19.3 Å². The predicted octanol–water partition coefficient (Wildman–Crippen LogP) is 2.45.